The SMILES string of the molecule is CC(C)(C)c1ccc(-c2nc(NC(=O)[C@@H]3CC[C@H](CN)O3)n[nH]2)cc1. The number of nitrogens with one attached hydrogen (secondary N) is 2. The van der Waals surface area contributed by atoms with E-state index in [1.165, 1.54) is 5.56 Å². The van der Waals surface area contributed by atoms with Gasteiger partial charge in [0.2, 0.25) is 5.95 Å². The largest absolute Gasteiger partial charge is 0.364 e. The predicted molar refractivity (Wildman–Crippen MR) is 96.1 cm³/mol. The first-order valence-corrected chi connectivity index (χ1v) is 8.56. The number of ether oxygens (including phenoxy) is 1. The Morgan fingerprint density at radius 2 is 2.04 bits per heavy atom. The van der Waals surface area contributed by atoms with Crippen LogP contribution in [0, 0.1) is 0 Å². The molecule has 7 nitrogen and oxygen atoms in total. The number of aromatic amines is 1. The molecule has 134 valence electrons. The maximum Gasteiger partial charge on any atom is 0.255 e. The number of hydrogen-bond donors (Lipinski definition) is 3. The molecule has 2 aromatic rings. The monoisotopic (exact) mass is 343 g/mol. The second-order valence-electron chi connectivity index (χ2n) is 7.38. The molecule has 1 aliphatic heterocycles. The van der Waals surface area contributed by atoms with Crippen molar-refractivity contribution in [3.63, 3.8) is 0 Å². The molecule has 1 amide bonds. The van der Waals surface area contributed by atoms with Crippen LogP contribution in [0.3, 0.4) is 0 Å². The minimum atomic E-state index is -0.485. The van der Waals surface area contributed by atoms with Crippen molar-refractivity contribution in [3.05, 3.63) is 29.8 Å². The van der Waals surface area contributed by atoms with E-state index in [1.54, 1.807) is 0 Å². The van der Waals surface area contributed by atoms with Crippen LogP contribution in [-0.4, -0.2) is 39.8 Å². The first kappa shape index (κ1) is 17.6. The summed E-state index contributed by atoms with van der Waals surface area (Å²) in [6, 6.07) is 8.15. The summed E-state index contributed by atoms with van der Waals surface area (Å²) in [6.07, 6.45) is 0.939. The van der Waals surface area contributed by atoms with Gasteiger partial charge in [-0.05, 0) is 23.8 Å². The van der Waals surface area contributed by atoms with Crippen molar-refractivity contribution in [3.8, 4) is 11.4 Å². The highest BCUT2D eigenvalue weighted by Gasteiger charge is 2.30. The van der Waals surface area contributed by atoms with Crippen LogP contribution in [0.5, 0.6) is 0 Å². The molecule has 1 fully saturated rings. The maximum absolute atomic E-state index is 12.2. The Kier molecular flexibility index (Phi) is 4.87. The van der Waals surface area contributed by atoms with Crippen molar-refractivity contribution >= 4 is 11.9 Å². The quantitative estimate of drug-likeness (QED) is 0.789. The van der Waals surface area contributed by atoms with Gasteiger partial charge in [-0.15, -0.1) is 5.10 Å². The van der Waals surface area contributed by atoms with E-state index < -0.39 is 6.10 Å². The van der Waals surface area contributed by atoms with Crippen molar-refractivity contribution in [2.45, 2.75) is 51.2 Å². The van der Waals surface area contributed by atoms with E-state index in [-0.39, 0.29) is 23.4 Å². The number of anilines is 1. The van der Waals surface area contributed by atoms with Gasteiger partial charge in [-0.1, -0.05) is 45.0 Å². The van der Waals surface area contributed by atoms with Crippen LogP contribution >= 0.6 is 0 Å². The minimum absolute atomic E-state index is 0.0419. The fourth-order valence-electron chi connectivity index (χ4n) is 2.84. The van der Waals surface area contributed by atoms with Crippen LogP contribution in [-0.2, 0) is 14.9 Å². The Morgan fingerprint density at radius 1 is 1.32 bits per heavy atom. The molecule has 0 saturated carbocycles. The first-order chi connectivity index (χ1) is 11.9. The minimum Gasteiger partial charge on any atom is -0.364 e. The van der Waals surface area contributed by atoms with E-state index in [0.29, 0.717) is 18.8 Å². The third-order valence-electron chi connectivity index (χ3n) is 4.41. The number of hydrogen-bond acceptors (Lipinski definition) is 5. The van der Waals surface area contributed by atoms with Crippen LogP contribution in [0.1, 0.15) is 39.2 Å². The van der Waals surface area contributed by atoms with E-state index >= 15 is 0 Å². The van der Waals surface area contributed by atoms with E-state index in [0.717, 1.165) is 12.0 Å². The lowest BCUT2D eigenvalue weighted by atomic mass is 9.87. The molecule has 0 aliphatic carbocycles. The number of nitrogens with zero attached hydrogens (tertiary/aromatic N) is 2. The van der Waals surface area contributed by atoms with Gasteiger partial charge in [0.1, 0.15) is 6.10 Å². The fourth-order valence-corrected chi connectivity index (χ4v) is 2.84. The number of nitrogens with two attached hydrogens (primary N) is 1. The highest BCUT2D eigenvalue weighted by molar-refractivity contribution is 5.93. The van der Waals surface area contributed by atoms with Gasteiger partial charge in [-0.2, -0.15) is 4.98 Å². The smallest absolute Gasteiger partial charge is 0.255 e. The molecule has 2 heterocycles. The molecule has 0 radical (unpaired) electrons. The van der Waals surface area contributed by atoms with Crippen molar-refractivity contribution in [1.29, 1.82) is 0 Å². The van der Waals surface area contributed by atoms with E-state index in [2.05, 4.69) is 53.4 Å². The summed E-state index contributed by atoms with van der Waals surface area (Å²) in [5, 5.41) is 9.62. The molecule has 0 unspecified atom stereocenters. The topological polar surface area (TPSA) is 106 Å². The Balaban J connectivity index is 1.65. The van der Waals surface area contributed by atoms with Gasteiger partial charge >= 0.3 is 0 Å². The van der Waals surface area contributed by atoms with E-state index in [1.807, 2.05) is 12.1 Å². The average Bonchev–Trinajstić information content (AvgIpc) is 3.23. The van der Waals surface area contributed by atoms with Crippen molar-refractivity contribution < 1.29 is 9.53 Å². The maximum atomic E-state index is 12.2. The molecule has 4 N–H and O–H groups in total. The highest BCUT2D eigenvalue weighted by Crippen LogP contribution is 2.25. The van der Waals surface area contributed by atoms with Gasteiger partial charge in [-0.3, -0.25) is 15.2 Å². The molecule has 0 spiro atoms. The van der Waals surface area contributed by atoms with Crippen LogP contribution in [0.15, 0.2) is 24.3 Å². The molecule has 1 aromatic carbocycles. The molecular weight excluding hydrogens is 318 g/mol. The number of rotatable bonds is 4. The molecule has 1 aliphatic rings. The zero-order valence-corrected chi connectivity index (χ0v) is 14.9. The van der Waals surface area contributed by atoms with Crippen molar-refractivity contribution in [1.82, 2.24) is 15.2 Å². The third-order valence-corrected chi connectivity index (χ3v) is 4.41. The van der Waals surface area contributed by atoms with Crippen LogP contribution in [0.2, 0.25) is 0 Å². The van der Waals surface area contributed by atoms with Crippen molar-refractivity contribution in [2.24, 2.45) is 5.73 Å². The highest BCUT2D eigenvalue weighted by atomic mass is 16.5. The van der Waals surface area contributed by atoms with Gasteiger partial charge in [0.15, 0.2) is 5.82 Å². The number of H-pyrrole nitrogens is 1. The lowest BCUT2D eigenvalue weighted by Gasteiger charge is -2.18. The molecule has 25 heavy (non-hydrogen) atoms. The van der Waals surface area contributed by atoms with Crippen LogP contribution in [0.25, 0.3) is 11.4 Å². The molecule has 2 atom stereocenters. The second-order valence-corrected chi connectivity index (χ2v) is 7.38. The lowest BCUT2D eigenvalue weighted by Crippen LogP contribution is -2.30. The Bertz CT molecular complexity index is 733. The zero-order valence-electron chi connectivity index (χ0n) is 14.9. The summed E-state index contributed by atoms with van der Waals surface area (Å²) < 4.78 is 5.58. The molecule has 0 bridgehead atoms. The van der Waals surface area contributed by atoms with E-state index in [9.17, 15) is 4.79 Å². The third kappa shape index (κ3) is 4.05. The normalized spacial score (nSPS) is 20.6. The van der Waals surface area contributed by atoms with Gasteiger partial charge in [0, 0.05) is 12.1 Å². The summed E-state index contributed by atoms with van der Waals surface area (Å²) in [7, 11) is 0. The van der Waals surface area contributed by atoms with Gasteiger partial charge < -0.3 is 10.5 Å². The molecule has 1 aromatic heterocycles. The van der Waals surface area contributed by atoms with Crippen LogP contribution < -0.4 is 11.1 Å². The average molecular weight is 343 g/mol. The standard InChI is InChI=1S/C18H25N5O2/c1-18(2,3)12-6-4-11(5-7-12)15-20-17(23-22-15)21-16(24)14-9-8-13(10-19)25-14/h4-7,13-14H,8-10,19H2,1-3H3,(H2,20,21,22,23,24)/t13-,14+/m1/s1. The van der Waals surface area contributed by atoms with Gasteiger partial charge in [0.25, 0.3) is 5.91 Å². The van der Waals surface area contributed by atoms with Gasteiger partial charge in [-0.25, -0.2) is 0 Å². The fraction of sp³-hybridized carbons (Fsp3) is 0.500. The summed E-state index contributed by atoms with van der Waals surface area (Å²) in [4.78, 5) is 16.6. The second kappa shape index (κ2) is 6.93. The predicted octanol–water partition coefficient (Wildman–Crippen LogP) is 2.21. The van der Waals surface area contributed by atoms with Crippen molar-refractivity contribution in [2.75, 3.05) is 11.9 Å². The molecule has 1 saturated heterocycles. The number of aromatic nitrogens is 3. The van der Waals surface area contributed by atoms with Gasteiger partial charge in [0.05, 0.1) is 6.10 Å². The Hall–Kier alpha value is -2.25. The lowest BCUT2D eigenvalue weighted by molar-refractivity contribution is -0.126. The summed E-state index contributed by atoms with van der Waals surface area (Å²) >= 11 is 0. The number of amides is 1. The molecule has 7 heteroatoms. The van der Waals surface area contributed by atoms with E-state index in [4.69, 9.17) is 10.5 Å². The summed E-state index contributed by atoms with van der Waals surface area (Å²) in [5.41, 5.74) is 7.83. The Morgan fingerprint density at radius 3 is 2.64 bits per heavy atom. The molecular formula is C18H25N5O2. The summed E-state index contributed by atoms with van der Waals surface area (Å²) in [5.74, 6) is 0.632. The summed E-state index contributed by atoms with van der Waals surface area (Å²) in [6.45, 7) is 6.94. The first-order valence-electron chi connectivity index (χ1n) is 8.56. The number of carbonyl (C=O) groups is 1. The number of benzene rings is 1. The zero-order chi connectivity index (χ0) is 18.0. The molecule has 3 rings (SSSR count). The van der Waals surface area contributed by atoms with Crippen LogP contribution in [0.4, 0.5) is 5.95 Å². The Labute approximate surface area is 147 Å². The number of carbonyl (C=O) groups excluding carboxylic acids is 1.